The summed E-state index contributed by atoms with van der Waals surface area (Å²) in [5.41, 5.74) is 2.12. The van der Waals surface area contributed by atoms with Crippen molar-refractivity contribution in [3.8, 4) is 0 Å². The molecular formula is C16H17N3O2S. The number of para-hydroxylation sites is 1. The Labute approximate surface area is 132 Å². The fourth-order valence-electron chi connectivity index (χ4n) is 2.37. The summed E-state index contributed by atoms with van der Waals surface area (Å²) in [6.45, 7) is 5.51. The van der Waals surface area contributed by atoms with Gasteiger partial charge in [-0.05, 0) is 32.9 Å². The molecule has 114 valence electrons. The molecule has 5 nitrogen and oxygen atoms in total. The highest BCUT2D eigenvalue weighted by Crippen LogP contribution is 2.30. The van der Waals surface area contributed by atoms with Gasteiger partial charge in [0.25, 0.3) is 5.91 Å². The van der Waals surface area contributed by atoms with Crippen LogP contribution in [0.1, 0.15) is 39.8 Å². The minimum Gasteiger partial charge on any atom is -0.361 e. The molecule has 3 rings (SSSR count). The van der Waals surface area contributed by atoms with Crippen LogP contribution in [0.3, 0.4) is 0 Å². The molecule has 0 fully saturated rings. The first-order chi connectivity index (χ1) is 10.5. The van der Waals surface area contributed by atoms with Crippen LogP contribution in [0.15, 0.2) is 28.8 Å². The average molecular weight is 315 g/mol. The highest BCUT2D eigenvalue weighted by molar-refractivity contribution is 7.18. The van der Waals surface area contributed by atoms with Gasteiger partial charge in [0.1, 0.15) is 16.3 Å². The molecular weight excluding hydrogens is 298 g/mol. The molecule has 3 aromatic rings. The van der Waals surface area contributed by atoms with Gasteiger partial charge < -0.3 is 9.42 Å². The number of hydrogen-bond acceptors (Lipinski definition) is 5. The predicted octanol–water partition coefficient (Wildman–Crippen LogP) is 3.73. The number of fused-ring (bicyclic) bond motifs is 1. The van der Waals surface area contributed by atoms with E-state index in [2.05, 4.69) is 10.1 Å². The fourth-order valence-corrected chi connectivity index (χ4v) is 3.44. The van der Waals surface area contributed by atoms with Crippen LogP contribution in [0, 0.1) is 13.8 Å². The van der Waals surface area contributed by atoms with Gasteiger partial charge in [0.05, 0.1) is 22.0 Å². The Morgan fingerprint density at radius 3 is 2.68 bits per heavy atom. The molecule has 0 radical (unpaired) electrons. The van der Waals surface area contributed by atoms with Gasteiger partial charge in [0, 0.05) is 7.05 Å². The van der Waals surface area contributed by atoms with Crippen LogP contribution in [0.4, 0.5) is 0 Å². The molecule has 1 aromatic carbocycles. The number of hydrogen-bond donors (Lipinski definition) is 0. The van der Waals surface area contributed by atoms with Crippen LogP contribution >= 0.6 is 11.3 Å². The highest BCUT2D eigenvalue weighted by atomic mass is 32.1. The predicted molar refractivity (Wildman–Crippen MR) is 86.1 cm³/mol. The zero-order chi connectivity index (χ0) is 15.9. The van der Waals surface area contributed by atoms with E-state index in [1.165, 1.54) is 0 Å². The van der Waals surface area contributed by atoms with Crippen molar-refractivity contribution >= 4 is 27.5 Å². The van der Waals surface area contributed by atoms with Gasteiger partial charge >= 0.3 is 0 Å². The monoisotopic (exact) mass is 315 g/mol. The van der Waals surface area contributed by atoms with Crippen LogP contribution in [-0.4, -0.2) is 28.0 Å². The highest BCUT2D eigenvalue weighted by Gasteiger charge is 2.26. The summed E-state index contributed by atoms with van der Waals surface area (Å²) in [7, 11) is 1.78. The van der Waals surface area contributed by atoms with E-state index in [0.29, 0.717) is 17.0 Å². The Morgan fingerprint density at radius 1 is 1.32 bits per heavy atom. The van der Waals surface area contributed by atoms with Crippen molar-refractivity contribution < 1.29 is 9.32 Å². The van der Waals surface area contributed by atoms with Crippen LogP contribution in [0.5, 0.6) is 0 Å². The molecule has 0 aliphatic rings. The standard InChI is InChI=1S/C16H17N3O2S/c1-9-14(11(3)21-18-9)16(20)19(4)10(2)15-17-12-7-5-6-8-13(12)22-15/h5-8,10H,1-4H3/t10-/m0/s1. The second-order valence-corrected chi connectivity index (χ2v) is 6.37. The van der Waals surface area contributed by atoms with Gasteiger partial charge in [0.15, 0.2) is 0 Å². The topological polar surface area (TPSA) is 59.2 Å². The van der Waals surface area contributed by atoms with Crippen LogP contribution in [0.2, 0.25) is 0 Å². The second kappa shape index (κ2) is 5.53. The lowest BCUT2D eigenvalue weighted by molar-refractivity contribution is 0.0740. The molecule has 0 aliphatic heterocycles. The third kappa shape index (κ3) is 2.39. The first-order valence-electron chi connectivity index (χ1n) is 7.04. The maximum absolute atomic E-state index is 12.7. The molecule has 0 bridgehead atoms. The number of aromatic nitrogens is 2. The molecule has 0 saturated heterocycles. The fraction of sp³-hybridized carbons (Fsp3) is 0.312. The zero-order valence-electron chi connectivity index (χ0n) is 13.0. The van der Waals surface area contributed by atoms with Crippen molar-refractivity contribution in [2.45, 2.75) is 26.8 Å². The Balaban J connectivity index is 1.91. The lowest BCUT2D eigenvalue weighted by Crippen LogP contribution is -2.30. The van der Waals surface area contributed by atoms with Crippen molar-refractivity contribution in [1.82, 2.24) is 15.0 Å². The van der Waals surface area contributed by atoms with Gasteiger partial charge in [-0.2, -0.15) is 0 Å². The average Bonchev–Trinajstić information content (AvgIpc) is 3.08. The minimum atomic E-state index is -0.112. The van der Waals surface area contributed by atoms with Crippen molar-refractivity contribution in [3.05, 3.63) is 46.3 Å². The second-order valence-electron chi connectivity index (χ2n) is 5.31. The lowest BCUT2D eigenvalue weighted by atomic mass is 10.1. The van der Waals surface area contributed by atoms with Gasteiger partial charge in [-0.1, -0.05) is 17.3 Å². The quantitative estimate of drug-likeness (QED) is 0.739. The van der Waals surface area contributed by atoms with Crippen molar-refractivity contribution in [2.24, 2.45) is 0 Å². The first-order valence-corrected chi connectivity index (χ1v) is 7.86. The minimum absolute atomic E-state index is 0.0944. The number of rotatable bonds is 3. The summed E-state index contributed by atoms with van der Waals surface area (Å²) in [5, 5.41) is 4.77. The summed E-state index contributed by atoms with van der Waals surface area (Å²) in [6.07, 6.45) is 0. The summed E-state index contributed by atoms with van der Waals surface area (Å²) in [4.78, 5) is 19.0. The number of benzene rings is 1. The Morgan fingerprint density at radius 2 is 2.05 bits per heavy atom. The summed E-state index contributed by atoms with van der Waals surface area (Å²) in [6, 6.07) is 7.87. The normalized spacial score (nSPS) is 12.5. The van der Waals surface area contributed by atoms with Crippen LogP contribution in [0.25, 0.3) is 10.2 Å². The van der Waals surface area contributed by atoms with E-state index >= 15 is 0 Å². The number of aryl methyl sites for hydroxylation is 2. The number of carbonyl (C=O) groups is 1. The third-order valence-corrected chi connectivity index (χ3v) is 5.02. The van der Waals surface area contributed by atoms with E-state index < -0.39 is 0 Å². The Bertz CT molecular complexity index is 784. The molecule has 2 aromatic heterocycles. The molecule has 0 spiro atoms. The van der Waals surface area contributed by atoms with E-state index in [-0.39, 0.29) is 11.9 Å². The summed E-state index contributed by atoms with van der Waals surface area (Å²) >= 11 is 1.61. The van der Waals surface area contributed by atoms with Crippen molar-refractivity contribution in [1.29, 1.82) is 0 Å². The van der Waals surface area contributed by atoms with Crippen LogP contribution < -0.4 is 0 Å². The molecule has 1 amide bonds. The maximum Gasteiger partial charge on any atom is 0.259 e. The maximum atomic E-state index is 12.7. The van der Waals surface area contributed by atoms with E-state index in [1.54, 1.807) is 37.1 Å². The van der Waals surface area contributed by atoms with E-state index in [0.717, 1.165) is 15.2 Å². The summed E-state index contributed by atoms with van der Waals surface area (Å²) < 4.78 is 6.22. The molecule has 0 unspecified atom stereocenters. The largest absolute Gasteiger partial charge is 0.361 e. The number of nitrogens with zero attached hydrogens (tertiary/aromatic N) is 3. The Kier molecular flexibility index (Phi) is 3.70. The van der Waals surface area contributed by atoms with E-state index in [1.807, 2.05) is 31.2 Å². The SMILES string of the molecule is Cc1noc(C)c1C(=O)N(C)[C@@H](C)c1nc2ccccc2s1. The molecule has 0 aliphatic carbocycles. The van der Waals surface area contributed by atoms with Crippen LogP contribution in [-0.2, 0) is 0 Å². The molecule has 6 heteroatoms. The molecule has 0 N–H and O–H groups in total. The van der Waals surface area contributed by atoms with Crippen molar-refractivity contribution in [3.63, 3.8) is 0 Å². The molecule has 1 atom stereocenters. The number of carbonyl (C=O) groups excluding carboxylic acids is 1. The van der Waals surface area contributed by atoms with Gasteiger partial charge in [-0.25, -0.2) is 4.98 Å². The number of amides is 1. The smallest absolute Gasteiger partial charge is 0.259 e. The lowest BCUT2D eigenvalue weighted by Gasteiger charge is -2.23. The molecule has 0 saturated carbocycles. The van der Waals surface area contributed by atoms with E-state index in [9.17, 15) is 4.79 Å². The molecule has 2 heterocycles. The van der Waals surface area contributed by atoms with Crippen molar-refractivity contribution in [2.75, 3.05) is 7.05 Å². The Hall–Kier alpha value is -2.21. The summed E-state index contributed by atoms with van der Waals surface area (Å²) in [5.74, 6) is 0.453. The van der Waals surface area contributed by atoms with Gasteiger partial charge in [-0.3, -0.25) is 4.79 Å². The molecule has 22 heavy (non-hydrogen) atoms. The third-order valence-electron chi connectivity index (χ3n) is 3.82. The van der Waals surface area contributed by atoms with E-state index in [4.69, 9.17) is 4.52 Å². The number of thiazole rings is 1. The van der Waals surface area contributed by atoms with Gasteiger partial charge in [-0.15, -0.1) is 11.3 Å². The van der Waals surface area contributed by atoms with Gasteiger partial charge in [0.2, 0.25) is 0 Å². The zero-order valence-corrected chi connectivity index (χ0v) is 13.8. The first kappa shape index (κ1) is 14.7.